The summed E-state index contributed by atoms with van der Waals surface area (Å²) in [6.45, 7) is 0.856. The largest absolute Gasteiger partial charge is 0.343 e. The number of hydrogen-bond acceptors (Lipinski definition) is 3. The van der Waals surface area contributed by atoms with Gasteiger partial charge in [-0.3, -0.25) is 9.69 Å². The van der Waals surface area contributed by atoms with Crippen molar-refractivity contribution in [3.63, 3.8) is 0 Å². The molecule has 0 radical (unpaired) electrons. The molecule has 1 aromatic heterocycles. The fourth-order valence-corrected chi connectivity index (χ4v) is 3.63. The summed E-state index contributed by atoms with van der Waals surface area (Å²) in [6, 6.07) is 20.2. The van der Waals surface area contributed by atoms with E-state index in [2.05, 4.69) is 5.32 Å². The van der Waals surface area contributed by atoms with Gasteiger partial charge in [0.2, 0.25) is 5.91 Å². The number of likely N-dealkylation sites (N-methyl/N-ethyl adjacent to an activating group) is 1. The third-order valence-electron chi connectivity index (χ3n) is 4.05. The number of nitrogens with zero attached hydrogens (tertiary/aromatic N) is 1. The quantitative estimate of drug-likeness (QED) is 0.677. The molecule has 26 heavy (non-hydrogen) atoms. The molecule has 134 valence electrons. The molecule has 0 unspecified atom stereocenters. The second-order valence-corrected chi connectivity index (χ2v) is 7.20. The van der Waals surface area contributed by atoms with Crippen molar-refractivity contribution in [1.29, 1.82) is 0 Å². The molecule has 3 nitrogen and oxygen atoms in total. The van der Waals surface area contributed by atoms with Gasteiger partial charge in [-0.15, -0.1) is 11.3 Å². The van der Waals surface area contributed by atoms with E-state index in [1.165, 1.54) is 12.1 Å². The van der Waals surface area contributed by atoms with Crippen LogP contribution in [-0.2, 0) is 11.3 Å². The lowest BCUT2D eigenvalue weighted by molar-refractivity contribution is -0.122. The number of benzene rings is 2. The van der Waals surface area contributed by atoms with Crippen LogP contribution in [0.5, 0.6) is 0 Å². The van der Waals surface area contributed by atoms with E-state index >= 15 is 0 Å². The Kier molecular flexibility index (Phi) is 6.15. The van der Waals surface area contributed by atoms with E-state index in [9.17, 15) is 9.18 Å². The Hall–Kier alpha value is -2.50. The molecular weight excluding hydrogens is 347 g/mol. The van der Waals surface area contributed by atoms with Crippen molar-refractivity contribution in [2.75, 3.05) is 13.6 Å². The van der Waals surface area contributed by atoms with Crippen molar-refractivity contribution in [3.8, 4) is 0 Å². The maximum atomic E-state index is 13.0. The van der Waals surface area contributed by atoms with Crippen LogP contribution in [-0.4, -0.2) is 24.4 Å². The number of thiophene rings is 1. The molecular formula is C21H21FN2OS. The van der Waals surface area contributed by atoms with E-state index in [1.54, 1.807) is 23.5 Å². The summed E-state index contributed by atoms with van der Waals surface area (Å²) >= 11 is 1.63. The predicted octanol–water partition coefficient (Wildman–Crippen LogP) is 4.22. The molecule has 0 aliphatic carbocycles. The smallest absolute Gasteiger partial charge is 0.234 e. The standard InChI is InChI=1S/C21H21FN2OS/c1-24(14-16-9-11-18(22)12-10-16)15-20(25)23-21(19-8-5-13-26-19)17-6-3-2-4-7-17/h2-13,21H,14-15H2,1H3,(H,23,25)/t21-/m1/s1. The Morgan fingerprint density at radius 3 is 2.46 bits per heavy atom. The van der Waals surface area contributed by atoms with Crippen LogP contribution in [0, 0.1) is 5.82 Å². The van der Waals surface area contributed by atoms with Gasteiger partial charge in [-0.2, -0.15) is 0 Å². The molecule has 3 rings (SSSR count). The minimum absolute atomic E-state index is 0.0446. The average molecular weight is 368 g/mol. The Labute approximate surface area is 157 Å². The number of carbonyl (C=O) groups excluding carboxylic acids is 1. The number of carbonyl (C=O) groups is 1. The van der Waals surface area contributed by atoms with E-state index in [0.29, 0.717) is 6.54 Å². The molecule has 3 aromatic rings. The SMILES string of the molecule is CN(CC(=O)N[C@H](c1ccccc1)c1cccs1)Cc1ccc(F)cc1. The van der Waals surface area contributed by atoms with Crippen molar-refractivity contribution in [2.24, 2.45) is 0 Å². The van der Waals surface area contributed by atoms with Gasteiger partial charge >= 0.3 is 0 Å². The van der Waals surface area contributed by atoms with Crippen LogP contribution >= 0.6 is 11.3 Å². The molecule has 2 aromatic carbocycles. The first-order valence-corrected chi connectivity index (χ1v) is 9.30. The number of nitrogens with one attached hydrogen (secondary N) is 1. The number of halogens is 1. The molecule has 0 aliphatic rings. The molecule has 0 saturated carbocycles. The predicted molar refractivity (Wildman–Crippen MR) is 103 cm³/mol. The van der Waals surface area contributed by atoms with E-state index in [4.69, 9.17) is 0 Å². The van der Waals surface area contributed by atoms with Gasteiger partial charge in [-0.1, -0.05) is 48.5 Å². The first kappa shape index (κ1) is 18.3. The van der Waals surface area contributed by atoms with Gasteiger partial charge in [0.1, 0.15) is 5.82 Å². The molecule has 0 spiro atoms. The van der Waals surface area contributed by atoms with Gasteiger partial charge in [0.05, 0.1) is 12.6 Å². The van der Waals surface area contributed by atoms with Crippen molar-refractivity contribution in [1.82, 2.24) is 10.2 Å². The summed E-state index contributed by atoms with van der Waals surface area (Å²) in [5.74, 6) is -0.298. The second kappa shape index (κ2) is 8.74. The summed E-state index contributed by atoms with van der Waals surface area (Å²) in [4.78, 5) is 15.6. The molecule has 0 fully saturated rings. The Morgan fingerprint density at radius 2 is 1.81 bits per heavy atom. The van der Waals surface area contributed by atoms with Gasteiger partial charge in [0.25, 0.3) is 0 Å². The van der Waals surface area contributed by atoms with Crippen molar-refractivity contribution in [2.45, 2.75) is 12.6 Å². The number of rotatable bonds is 7. The molecule has 1 heterocycles. The highest BCUT2D eigenvalue weighted by molar-refractivity contribution is 7.10. The van der Waals surface area contributed by atoms with Gasteiger partial charge < -0.3 is 5.32 Å². The molecule has 0 bridgehead atoms. The maximum Gasteiger partial charge on any atom is 0.234 e. The Balaban J connectivity index is 1.63. The van der Waals surface area contributed by atoms with Crippen molar-refractivity contribution >= 4 is 17.2 Å². The van der Waals surface area contributed by atoms with Crippen LogP contribution < -0.4 is 5.32 Å². The highest BCUT2D eigenvalue weighted by Crippen LogP contribution is 2.25. The molecule has 0 aliphatic heterocycles. The molecule has 5 heteroatoms. The first-order chi connectivity index (χ1) is 12.6. The van der Waals surface area contributed by atoms with Gasteiger partial charge in [0, 0.05) is 11.4 Å². The van der Waals surface area contributed by atoms with Crippen LogP contribution in [0.25, 0.3) is 0 Å². The number of hydrogen-bond donors (Lipinski definition) is 1. The normalized spacial score (nSPS) is 12.1. The van der Waals surface area contributed by atoms with Gasteiger partial charge in [-0.25, -0.2) is 4.39 Å². The lowest BCUT2D eigenvalue weighted by Crippen LogP contribution is -2.37. The summed E-state index contributed by atoms with van der Waals surface area (Å²) in [5, 5.41) is 5.14. The zero-order valence-corrected chi connectivity index (χ0v) is 15.4. The van der Waals surface area contributed by atoms with Crippen LogP contribution in [0.4, 0.5) is 4.39 Å². The van der Waals surface area contributed by atoms with E-state index in [0.717, 1.165) is 16.0 Å². The fourth-order valence-electron chi connectivity index (χ4n) is 2.83. The summed E-state index contributed by atoms with van der Waals surface area (Å²) in [5.41, 5.74) is 2.03. The monoisotopic (exact) mass is 368 g/mol. The zero-order chi connectivity index (χ0) is 18.4. The third kappa shape index (κ3) is 5.00. The lowest BCUT2D eigenvalue weighted by atomic mass is 10.1. The van der Waals surface area contributed by atoms with Crippen LogP contribution in [0.15, 0.2) is 72.1 Å². The molecule has 1 amide bonds. The minimum atomic E-state index is -0.254. The van der Waals surface area contributed by atoms with Crippen LogP contribution in [0.1, 0.15) is 22.0 Å². The highest BCUT2D eigenvalue weighted by Gasteiger charge is 2.18. The van der Waals surface area contributed by atoms with E-state index < -0.39 is 0 Å². The molecule has 1 atom stereocenters. The highest BCUT2D eigenvalue weighted by atomic mass is 32.1. The Bertz CT molecular complexity index is 819. The lowest BCUT2D eigenvalue weighted by Gasteiger charge is -2.21. The van der Waals surface area contributed by atoms with Gasteiger partial charge in [-0.05, 0) is 41.8 Å². The first-order valence-electron chi connectivity index (χ1n) is 8.42. The summed E-state index contributed by atoms with van der Waals surface area (Å²) in [6.07, 6.45) is 0. The van der Waals surface area contributed by atoms with E-state index in [-0.39, 0.29) is 24.3 Å². The van der Waals surface area contributed by atoms with Crippen molar-refractivity contribution < 1.29 is 9.18 Å². The minimum Gasteiger partial charge on any atom is -0.343 e. The van der Waals surface area contributed by atoms with E-state index in [1.807, 2.05) is 59.8 Å². The van der Waals surface area contributed by atoms with Crippen molar-refractivity contribution in [3.05, 3.63) is 93.9 Å². The van der Waals surface area contributed by atoms with Crippen LogP contribution in [0.2, 0.25) is 0 Å². The maximum absolute atomic E-state index is 13.0. The van der Waals surface area contributed by atoms with Gasteiger partial charge in [0.15, 0.2) is 0 Å². The summed E-state index contributed by atoms with van der Waals surface area (Å²) < 4.78 is 13.0. The molecule has 1 N–H and O–H groups in total. The number of amides is 1. The fraction of sp³-hybridized carbons (Fsp3) is 0.190. The molecule has 0 saturated heterocycles. The average Bonchev–Trinajstić information content (AvgIpc) is 3.17. The zero-order valence-electron chi connectivity index (χ0n) is 14.6. The Morgan fingerprint density at radius 1 is 1.08 bits per heavy atom. The summed E-state index contributed by atoms with van der Waals surface area (Å²) in [7, 11) is 1.88. The topological polar surface area (TPSA) is 32.3 Å². The second-order valence-electron chi connectivity index (χ2n) is 6.23. The van der Waals surface area contributed by atoms with Crippen LogP contribution in [0.3, 0.4) is 0 Å². The third-order valence-corrected chi connectivity index (χ3v) is 4.98.